The number of aromatic nitrogens is 2. The number of β-amino-alcohol motifs (C(OH)–C–C–N with tert-alkyl or cyclic N) is 1. The minimum absolute atomic E-state index is 0.114. The first-order valence-corrected chi connectivity index (χ1v) is 7.00. The van der Waals surface area contributed by atoms with Crippen LogP contribution >= 0.6 is 11.3 Å². The fourth-order valence-electron chi connectivity index (χ4n) is 2.11. The number of hydrogen-bond acceptors (Lipinski definition) is 7. The second-order valence-electron chi connectivity index (χ2n) is 5.33. The molecule has 1 aliphatic heterocycles. The van der Waals surface area contributed by atoms with Crippen LogP contribution in [0.4, 0.5) is 5.13 Å². The van der Waals surface area contributed by atoms with Crippen molar-refractivity contribution in [2.75, 3.05) is 38.5 Å². The third-order valence-corrected chi connectivity index (χ3v) is 3.63. The molecule has 0 aromatic carbocycles. The number of hydrogen-bond donors (Lipinski definition) is 2. The molecule has 2 heterocycles. The maximum absolute atomic E-state index is 12.1. The molecule has 1 fully saturated rings. The number of carbonyl (C=O) groups is 1. The van der Waals surface area contributed by atoms with Crippen molar-refractivity contribution >= 4 is 22.4 Å². The summed E-state index contributed by atoms with van der Waals surface area (Å²) in [6.45, 7) is 6.96. The Morgan fingerprint density at radius 2 is 2.00 bits per heavy atom. The molecular formula is C11H19N5O2S. The number of aliphatic hydroxyl groups is 1. The van der Waals surface area contributed by atoms with Gasteiger partial charge in [0.1, 0.15) is 0 Å². The van der Waals surface area contributed by atoms with Gasteiger partial charge >= 0.3 is 0 Å². The molecule has 106 valence electrons. The first-order valence-electron chi connectivity index (χ1n) is 6.18. The number of carbonyl (C=O) groups excluding carboxylic acids is 1. The van der Waals surface area contributed by atoms with Gasteiger partial charge in [-0.25, -0.2) is 0 Å². The van der Waals surface area contributed by atoms with E-state index >= 15 is 0 Å². The number of nitrogen functional groups attached to an aromatic ring is 1. The standard InChI is InChI=1S/C11H19N5O2S/c1-11(2,18)7-15-3-5-16(6-4-15)9(17)8-13-14-10(12)19-8/h18H,3-7H2,1-2H3,(H2,12,14). The van der Waals surface area contributed by atoms with Gasteiger partial charge in [-0.1, -0.05) is 11.3 Å². The highest BCUT2D eigenvalue weighted by Gasteiger charge is 2.26. The molecule has 3 N–H and O–H groups in total. The Hall–Kier alpha value is -1.25. The fourth-order valence-corrected chi connectivity index (χ4v) is 2.69. The lowest BCUT2D eigenvalue weighted by molar-refractivity contribution is 0.0178. The van der Waals surface area contributed by atoms with Gasteiger partial charge in [0.15, 0.2) is 0 Å². The van der Waals surface area contributed by atoms with E-state index in [0.717, 1.165) is 24.4 Å². The summed E-state index contributed by atoms with van der Waals surface area (Å²) < 4.78 is 0. The van der Waals surface area contributed by atoms with Gasteiger partial charge in [-0.05, 0) is 13.8 Å². The zero-order valence-electron chi connectivity index (χ0n) is 11.2. The Morgan fingerprint density at radius 1 is 1.37 bits per heavy atom. The second-order valence-corrected chi connectivity index (χ2v) is 6.34. The molecule has 0 aliphatic carbocycles. The van der Waals surface area contributed by atoms with Crippen LogP contribution < -0.4 is 5.73 Å². The molecule has 1 aliphatic rings. The molecule has 0 atom stereocenters. The molecule has 8 heteroatoms. The SMILES string of the molecule is CC(C)(O)CN1CCN(C(=O)c2nnc(N)s2)CC1. The Morgan fingerprint density at radius 3 is 2.47 bits per heavy atom. The van der Waals surface area contributed by atoms with Gasteiger partial charge in [-0.15, -0.1) is 10.2 Å². The molecule has 7 nitrogen and oxygen atoms in total. The van der Waals surface area contributed by atoms with Gasteiger partial charge in [0.2, 0.25) is 10.1 Å². The van der Waals surface area contributed by atoms with E-state index in [4.69, 9.17) is 5.73 Å². The first kappa shape index (κ1) is 14.2. The van der Waals surface area contributed by atoms with E-state index < -0.39 is 5.60 Å². The van der Waals surface area contributed by atoms with E-state index in [1.54, 1.807) is 18.7 Å². The molecule has 0 radical (unpaired) electrons. The van der Waals surface area contributed by atoms with Crippen molar-refractivity contribution in [3.8, 4) is 0 Å². The molecule has 1 aromatic rings. The molecular weight excluding hydrogens is 266 g/mol. The Labute approximate surface area is 116 Å². The highest BCUT2D eigenvalue weighted by atomic mass is 32.1. The van der Waals surface area contributed by atoms with Crippen LogP contribution in [0.3, 0.4) is 0 Å². The summed E-state index contributed by atoms with van der Waals surface area (Å²) in [4.78, 5) is 16.0. The monoisotopic (exact) mass is 285 g/mol. The summed E-state index contributed by atoms with van der Waals surface area (Å²) in [5.41, 5.74) is 4.77. The summed E-state index contributed by atoms with van der Waals surface area (Å²) >= 11 is 1.11. The van der Waals surface area contributed by atoms with Crippen molar-refractivity contribution in [3.05, 3.63) is 5.01 Å². The lowest BCUT2D eigenvalue weighted by Crippen LogP contribution is -2.52. The highest BCUT2D eigenvalue weighted by Crippen LogP contribution is 2.15. The topological polar surface area (TPSA) is 95.6 Å². The second kappa shape index (κ2) is 5.40. The first-order chi connectivity index (χ1) is 8.85. The van der Waals surface area contributed by atoms with Gasteiger partial charge in [-0.3, -0.25) is 9.69 Å². The fraction of sp³-hybridized carbons (Fsp3) is 0.727. The number of nitrogens with two attached hydrogens (primary N) is 1. The van der Waals surface area contributed by atoms with Crippen molar-refractivity contribution in [2.45, 2.75) is 19.4 Å². The minimum Gasteiger partial charge on any atom is -0.389 e. The van der Waals surface area contributed by atoms with Crippen LogP contribution in [0.1, 0.15) is 23.6 Å². The predicted octanol–water partition coefficient (Wildman–Crippen LogP) is -0.351. The third-order valence-electron chi connectivity index (χ3n) is 2.89. The third kappa shape index (κ3) is 3.85. The average molecular weight is 285 g/mol. The molecule has 1 saturated heterocycles. The number of piperazine rings is 1. The summed E-state index contributed by atoms with van der Waals surface area (Å²) in [6.07, 6.45) is 0. The molecule has 2 rings (SSSR count). The van der Waals surface area contributed by atoms with E-state index in [0.29, 0.717) is 29.8 Å². The quantitative estimate of drug-likeness (QED) is 0.788. The van der Waals surface area contributed by atoms with Gasteiger partial charge in [-0.2, -0.15) is 0 Å². The molecule has 0 bridgehead atoms. The Kier molecular flexibility index (Phi) is 4.02. The van der Waals surface area contributed by atoms with Crippen LogP contribution in [0.2, 0.25) is 0 Å². The van der Waals surface area contributed by atoms with Crippen LogP contribution in [0, 0.1) is 0 Å². The zero-order valence-corrected chi connectivity index (χ0v) is 12.0. The van der Waals surface area contributed by atoms with Crippen molar-refractivity contribution < 1.29 is 9.90 Å². The largest absolute Gasteiger partial charge is 0.389 e. The number of amides is 1. The number of anilines is 1. The van der Waals surface area contributed by atoms with Crippen LogP contribution in [0.15, 0.2) is 0 Å². The number of nitrogens with zero attached hydrogens (tertiary/aromatic N) is 4. The summed E-state index contributed by atoms with van der Waals surface area (Å²) in [5, 5.41) is 17.8. The summed E-state index contributed by atoms with van der Waals surface area (Å²) in [5.74, 6) is -0.114. The van der Waals surface area contributed by atoms with Gasteiger partial charge in [0.25, 0.3) is 5.91 Å². The van der Waals surface area contributed by atoms with Gasteiger partial charge in [0.05, 0.1) is 5.60 Å². The summed E-state index contributed by atoms with van der Waals surface area (Å²) in [6, 6.07) is 0. The van der Waals surface area contributed by atoms with Crippen molar-refractivity contribution in [1.29, 1.82) is 0 Å². The minimum atomic E-state index is -0.708. The van der Waals surface area contributed by atoms with E-state index in [1.165, 1.54) is 0 Å². The molecule has 1 amide bonds. The normalized spacial score (nSPS) is 17.7. The Bertz CT molecular complexity index is 448. The number of rotatable bonds is 3. The van der Waals surface area contributed by atoms with Crippen molar-refractivity contribution in [2.24, 2.45) is 0 Å². The van der Waals surface area contributed by atoms with E-state index in [2.05, 4.69) is 15.1 Å². The Balaban J connectivity index is 1.88. The smallest absolute Gasteiger partial charge is 0.284 e. The predicted molar refractivity (Wildman–Crippen MR) is 73.0 cm³/mol. The van der Waals surface area contributed by atoms with Crippen LogP contribution in [-0.2, 0) is 0 Å². The van der Waals surface area contributed by atoms with E-state index in [-0.39, 0.29) is 5.91 Å². The zero-order chi connectivity index (χ0) is 14.0. The van der Waals surface area contributed by atoms with Crippen LogP contribution in [-0.4, -0.2) is 69.3 Å². The van der Waals surface area contributed by atoms with E-state index in [1.807, 2.05) is 0 Å². The molecule has 0 unspecified atom stereocenters. The molecule has 0 saturated carbocycles. The molecule has 0 spiro atoms. The maximum Gasteiger partial charge on any atom is 0.284 e. The van der Waals surface area contributed by atoms with Gasteiger partial charge < -0.3 is 15.7 Å². The molecule has 19 heavy (non-hydrogen) atoms. The lowest BCUT2D eigenvalue weighted by Gasteiger charge is -2.36. The molecule has 1 aromatic heterocycles. The van der Waals surface area contributed by atoms with E-state index in [9.17, 15) is 9.90 Å². The summed E-state index contributed by atoms with van der Waals surface area (Å²) in [7, 11) is 0. The highest BCUT2D eigenvalue weighted by molar-refractivity contribution is 7.16. The lowest BCUT2D eigenvalue weighted by atomic mass is 10.1. The van der Waals surface area contributed by atoms with Crippen molar-refractivity contribution in [3.63, 3.8) is 0 Å². The van der Waals surface area contributed by atoms with Gasteiger partial charge in [0, 0.05) is 32.7 Å². The van der Waals surface area contributed by atoms with Crippen molar-refractivity contribution in [1.82, 2.24) is 20.0 Å². The maximum atomic E-state index is 12.1. The average Bonchev–Trinajstić information content (AvgIpc) is 2.74. The van der Waals surface area contributed by atoms with Crippen LogP contribution in [0.25, 0.3) is 0 Å². The van der Waals surface area contributed by atoms with Crippen LogP contribution in [0.5, 0.6) is 0 Å².